The summed E-state index contributed by atoms with van der Waals surface area (Å²) in [5, 5.41) is 1.03. The van der Waals surface area contributed by atoms with Crippen LogP contribution in [0.5, 0.6) is 0 Å². The Bertz CT molecular complexity index is 2100. The monoisotopic (exact) mass is 660 g/mol. The first kappa shape index (κ1) is 31.7. The van der Waals surface area contributed by atoms with Crippen LogP contribution in [0.1, 0.15) is 19.4 Å². The van der Waals surface area contributed by atoms with Gasteiger partial charge in [-0.15, -0.1) is 0 Å². The van der Waals surface area contributed by atoms with Gasteiger partial charge in [0.2, 0.25) is 12.0 Å². The molecule has 0 saturated heterocycles. The Kier molecular flexibility index (Phi) is 8.34. The fourth-order valence-electron chi connectivity index (χ4n) is 6.84. The van der Waals surface area contributed by atoms with Gasteiger partial charge in [0, 0.05) is 45.8 Å². The minimum Gasteiger partial charge on any atom is -0.343 e. The molecule has 0 aliphatic carbocycles. The van der Waals surface area contributed by atoms with Crippen molar-refractivity contribution >= 4 is 28.6 Å². The smallest absolute Gasteiger partial charge is 0.319 e. The van der Waals surface area contributed by atoms with Crippen molar-refractivity contribution in [3.05, 3.63) is 127 Å². The third-order valence-electron chi connectivity index (χ3n) is 8.98. The molecular weight excluding hydrogens is 626 g/mol. The molecule has 3 heterocycles. The minimum atomic E-state index is -4.87. The van der Waals surface area contributed by atoms with Gasteiger partial charge in [0.05, 0.1) is 11.4 Å². The summed E-state index contributed by atoms with van der Waals surface area (Å²) in [6.45, 7) is 4.27. The molecule has 1 aliphatic heterocycles. The van der Waals surface area contributed by atoms with Gasteiger partial charge in [-0.2, -0.15) is 19.0 Å². The van der Waals surface area contributed by atoms with Crippen molar-refractivity contribution in [3.63, 3.8) is 0 Å². The fourth-order valence-corrected chi connectivity index (χ4v) is 7.39. The highest BCUT2D eigenvalue weighted by atomic mass is 35.7. The number of aromatic nitrogens is 3. The van der Waals surface area contributed by atoms with Crippen LogP contribution in [-0.2, 0) is 11.4 Å². The molecule has 242 valence electrons. The van der Waals surface area contributed by atoms with Crippen molar-refractivity contribution in [1.82, 2.24) is 19.2 Å². The van der Waals surface area contributed by atoms with Gasteiger partial charge < -0.3 is 4.57 Å². The van der Waals surface area contributed by atoms with Gasteiger partial charge >= 0.3 is 5.82 Å². The number of quaternary nitrogens is 1. The number of fused-ring (bicyclic) bond motifs is 2. The molecule has 0 amide bonds. The van der Waals surface area contributed by atoms with Crippen LogP contribution < -0.4 is 23.5 Å². The molecule has 0 spiro atoms. The van der Waals surface area contributed by atoms with Crippen LogP contribution in [0.3, 0.4) is 0 Å². The summed E-state index contributed by atoms with van der Waals surface area (Å²) >= 11 is 0. The lowest BCUT2D eigenvalue weighted by atomic mass is 10.0. The zero-order valence-electron chi connectivity index (χ0n) is 26.9. The average Bonchev–Trinajstić information content (AvgIpc) is 3.54. The Morgan fingerprint density at radius 3 is 1.85 bits per heavy atom. The maximum absolute atomic E-state index is 12.5. The largest absolute Gasteiger partial charge is 0.343 e. The Hall–Kier alpha value is -4.87. The van der Waals surface area contributed by atoms with E-state index < -0.39 is 21.1 Å². The lowest BCUT2D eigenvalue weighted by Gasteiger charge is -2.30. The maximum Gasteiger partial charge on any atom is 0.319 e. The molecule has 6 aromatic rings. The molecule has 48 heavy (non-hydrogen) atoms. The van der Waals surface area contributed by atoms with Gasteiger partial charge in [0.15, 0.2) is 0 Å². The van der Waals surface area contributed by atoms with Crippen molar-refractivity contribution in [1.29, 1.82) is 0 Å². The molecular formula is C38H35ClN5O4+. The van der Waals surface area contributed by atoms with E-state index in [4.69, 9.17) is 14.4 Å². The molecule has 2 atom stereocenters. The van der Waals surface area contributed by atoms with E-state index in [1.807, 2.05) is 122 Å². The number of anilines is 1. The highest BCUT2D eigenvalue weighted by Gasteiger charge is 2.63. The second-order valence-electron chi connectivity index (χ2n) is 11.6. The molecule has 0 bridgehead atoms. The number of benzene rings is 4. The number of halogens is 1. The van der Waals surface area contributed by atoms with E-state index in [0.717, 1.165) is 38.9 Å². The Balaban J connectivity index is 1.47. The molecule has 0 fully saturated rings. The number of likely N-dealkylation sites (N-methyl/N-ethyl adjacent to an activating group) is 2. The predicted octanol–water partition coefficient (Wildman–Crippen LogP) is 5.00. The summed E-state index contributed by atoms with van der Waals surface area (Å²) < 4.78 is 44.6. The number of aryl methyl sites for hydroxylation is 1. The van der Waals surface area contributed by atoms with Crippen molar-refractivity contribution in [3.8, 4) is 33.8 Å². The minimum absolute atomic E-state index is 0.0850. The van der Waals surface area contributed by atoms with Crippen molar-refractivity contribution in [2.45, 2.75) is 20.0 Å². The first-order valence-electron chi connectivity index (χ1n) is 15.9. The van der Waals surface area contributed by atoms with Crippen LogP contribution in [0.2, 0.25) is 0 Å². The van der Waals surface area contributed by atoms with E-state index in [1.54, 1.807) is 6.92 Å². The Labute approximate surface area is 281 Å². The van der Waals surface area contributed by atoms with E-state index >= 15 is 0 Å². The zero-order valence-corrected chi connectivity index (χ0v) is 27.6. The standard InChI is InChI=1S/C38H35ClN5O4/c1-4-43-33(26-25-31-30-23-15-16-24-32(30)42(3)36(31)29-21-13-8-14-22-29)44(5-2,48-39(45,46)47)38-37(43)40-34(27-17-9-6-10-18-27)35(41-38)28-19-11-7-12-20-28/h6-26,33H,4-5H2,1-3H3/q+1. The van der Waals surface area contributed by atoms with Crippen LogP contribution in [0.25, 0.3) is 50.8 Å². The van der Waals surface area contributed by atoms with Crippen LogP contribution in [0.4, 0.5) is 11.6 Å². The molecule has 0 saturated carbocycles. The highest BCUT2D eigenvalue weighted by molar-refractivity contribution is 5.97. The molecule has 0 N–H and O–H groups in total. The summed E-state index contributed by atoms with van der Waals surface area (Å²) in [7, 11) is -2.83. The summed E-state index contributed by atoms with van der Waals surface area (Å²) in [4.78, 5) is 12.3. The predicted molar refractivity (Wildman–Crippen MR) is 181 cm³/mol. The van der Waals surface area contributed by atoms with Gasteiger partial charge in [-0.3, -0.25) is 4.90 Å². The lowest BCUT2D eigenvalue weighted by Crippen LogP contribution is -2.71. The van der Waals surface area contributed by atoms with Crippen LogP contribution in [-0.4, -0.2) is 33.8 Å². The quantitative estimate of drug-likeness (QED) is 0.201. The van der Waals surface area contributed by atoms with Gasteiger partial charge in [-0.1, -0.05) is 109 Å². The number of hydrogen-bond donors (Lipinski definition) is 0. The normalized spacial score (nSPS) is 17.8. The van der Waals surface area contributed by atoms with E-state index in [-0.39, 0.29) is 12.4 Å². The Morgan fingerprint density at radius 2 is 1.29 bits per heavy atom. The fraction of sp³-hybridized carbons (Fsp3) is 0.158. The van der Waals surface area contributed by atoms with Gasteiger partial charge in [0.25, 0.3) is 4.39 Å². The van der Waals surface area contributed by atoms with E-state index in [9.17, 15) is 14.0 Å². The number of para-hydroxylation sites is 1. The third-order valence-corrected chi connectivity index (χ3v) is 9.39. The van der Waals surface area contributed by atoms with E-state index in [2.05, 4.69) is 28.8 Å². The number of nitrogens with zero attached hydrogens (tertiary/aromatic N) is 5. The molecule has 2 aromatic heterocycles. The zero-order chi connectivity index (χ0) is 33.5. The third kappa shape index (κ3) is 5.46. The van der Waals surface area contributed by atoms with Gasteiger partial charge in [0.1, 0.15) is 22.5 Å². The van der Waals surface area contributed by atoms with Crippen LogP contribution in [0.15, 0.2) is 121 Å². The molecule has 10 heteroatoms. The maximum atomic E-state index is 12.5. The SMILES string of the molecule is CCN1c2nc(-c3ccccc3)c(-c3ccccc3)nc2[N+](CC)(O[Cl+3]([O-])([O-])[O-])C1C=Cc1c(-c2ccccc2)n(C)c2ccccc12. The van der Waals surface area contributed by atoms with Crippen LogP contribution >= 0.6 is 0 Å². The molecule has 4 aromatic carbocycles. The lowest BCUT2D eigenvalue weighted by molar-refractivity contribution is -1.92. The number of rotatable bonds is 9. The summed E-state index contributed by atoms with van der Waals surface area (Å²) in [6, 6.07) is 37.6. The summed E-state index contributed by atoms with van der Waals surface area (Å²) in [6.07, 6.45) is 3.12. The highest BCUT2D eigenvalue weighted by Crippen LogP contribution is 2.47. The number of hydrogen-bond acceptors (Lipinski definition) is 7. The van der Waals surface area contributed by atoms with E-state index in [1.165, 1.54) is 0 Å². The second-order valence-corrected chi connectivity index (χ2v) is 12.5. The van der Waals surface area contributed by atoms with Crippen LogP contribution in [0, 0.1) is 10.2 Å². The van der Waals surface area contributed by atoms with Crippen molar-refractivity contribution in [2.24, 2.45) is 7.05 Å². The molecule has 0 radical (unpaired) electrons. The topological polar surface area (TPSA) is 112 Å². The van der Waals surface area contributed by atoms with Gasteiger partial charge in [-0.05, 0) is 37.6 Å². The van der Waals surface area contributed by atoms with Crippen molar-refractivity contribution in [2.75, 3.05) is 18.0 Å². The summed E-state index contributed by atoms with van der Waals surface area (Å²) in [5.74, 6) is 0.702. The van der Waals surface area contributed by atoms with Crippen molar-refractivity contribution < 1.29 is 28.6 Å². The average molecular weight is 661 g/mol. The first-order valence-corrected chi connectivity index (χ1v) is 17.1. The summed E-state index contributed by atoms with van der Waals surface area (Å²) in [5.41, 5.74) is 6.90. The van der Waals surface area contributed by atoms with Gasteiger partial charge in [-0.25, -0.2) is 4.98 Å². The van der Waals surface area contributed by atoms with E-state index in [0.29, 0.717) is 23.8 Å². The first-order chi connectivity index (χ1) is 23.3. The molecule has 9 nitrogen and oxygen atoms in total. The molecule has 2 unspecified atom stereocenters. The second kappa shape index (κ2) is 12.6. The molecule has 1 aliphatic rings. The number of hydroxylamine groups is 2. The Morgan fingerprint density at radius 1 is 0.750 bits per heavy atom. The molecule has 7 rings (SSSR count).